The van der Waals surface area contributed by atoms with E-state index in [0.717, 1.165) is 12.0 Å². The lowest BCUT2D eigenvalue weighted by atomic mass is 9.68. The van der Waals surface area contributed by atoms with Gasteiger partial charge in [-0.1, -0.05) is 35.7 Å². The number of halogens is 2. The van der Waals surface area contributed by atoms with Crippen LogP contribution in [0.1, 0.15) is 24.8 Å². The zero-order valence-electron chi connectivity index (χ0n) is 10.8. The van der Waals surface area contributed by atoms with Crippen LogP contribution in [0, 0.1) is 5.41 Å². The predicted octanol–water partition coefficient (Wildman–Crippen LogP) is 2.91. The first-order chi connectivity index (χ1) is 9.45. The maximum absolute atomic E-state index is 12.0. The number of rotatable bonds is 5. The van der Waals surface area contributed by atoms with Crippen LogP contribution >= 0.6 is 23.2 Å². The number of hydrogen-bond acceptors (Lipinski definition) is 2. The maximum Gasteiger partial charge on any atom is 0.319 e. The summed E-state index contributed by atoms with van der Waals surface area (Å²) in [6, 6.07) is 5.17. The molecule has 0 unspecified atom stereocenters. The van der Waals surface area contributed by atoms with Gasteiger partial charge in [0, 0.05) is 16.6 Å². The summed E-state index contributed by atoms with van der Waals surface area (Å²) in [4.78, 5) is 23.1. The molecule has 2 N–H and O–H groups in total. The number of carboxylic acids is 1. The number of aliphatic carboxylic acids is 1. The Morgan fingerprint density at radius 2 is 2.00 bits per heavy atom. The van der Waals surface area contributed by atoms with Crippen molar-refractivity contribution in [2.24, 2.45) is 5.41 Å². The summed E-state index contributed by atoms with van der Waals surface area (Å²) >= 11 is 11.8. The van der Waals surface area contributed by atoms with E-state index < -0.39 is 17.3 Å². The highest BCUT2D eigenvalue weighted by Crippen LogP contribution is 2.41. The van der Waals surface area contributed by atoms with E-state index in [-0.39, 0.29) is 0 Å². The van der Waals surface area contributed by atoms with Crippen LogP contribution in [0.15, 0.2) is 18.2 Å². The van der Waals surface area contributed by atoms with E-state index in [0.29, 0.717) is 35.9 Å². The second-order valence-corrected chi connectivity index (χ2v) is 5.83. The van der Waals surface area contributed by atoms with E-state index >= 15 is 0 Å². The summed E-state index contributed by atoms with van der Waals surface area (Å²) in [7, 11) is 0. The largest absolute Gasteiger partial charge is 0.480 e. The standard InChI is InChI=1S/C14H15Cl2NO3/c15-10-3-2-9(11(16)8-10)4-7-17-12(18)14(13(19)20)5-1-6-14/h2-3,8H,1,4-7H2,(H,17,18)(H,19,20). The first kappa shape index (κ1) is 15.1. The molecule has 4 nitrogen and oxygen atoms in total. The molecule has 0 atom stereocenters. The molecule has 1 saturated carbocycles. The minimum absolute atomic E-state index is 0.356. The van der Waals surface area contributed by atoms with Gasteiger partial charge in [-0.05, 0) is 37.0 Å². The second-order valence-electron chi connectivity index (χ2n) is 4.98. The Labute approximate surface area is 127 Å². The van der Waals surface area contributed by atoms with E-state index in [1.54, 1.807) is 18.2 Å². The van der Waals surface area contributed by atoms with Gasteiger partial charge in [-0.15, -0.1) is 0 Å². The van der Waals surface area contributed by atoms with E-state index in [4.69, 9.17) is 28.3 Å². The van der Waals surface area contributed by atoms with Crippen LogP contribution in [0.5, 0.6) is 0 Å². The highest BCUT2D eigenvalue weighted by molar-refractivity contribution is 6.35. The van der Waals surface area contributed by atoms with Gasteiger partial charge < -0.3 is 10.4 Å². The Bertz CT molecular complexity index is 541. The van der Waals surface area contributed by atoms with Crippen LogP contribution in [0.25, 0.3) is 0 Å². The van der Waals surface area contributed by atoms with Crippen LogP contribution in [0.4, 0.5) is 0 Å². The molecule has 1 aliphatic carbocycles. The lowest BCUT2D eigenvalue weighted by Gasteiger charge is -2.35. The van der Waals surface area contributed by atoms with Crippen molar-refractivity contribution in [3.05, 3.63) is 33.8 Å². The summed E-state index contributed by atoms with van der Waals surface area (Å²) in [5.74, 6) is -1.44. The average molecular weight is 316 g/mol. The highest BCUT2D eigenvalue weighted by atomic mass is 35.5. The van der Waals surface area contributed by atoms with E-state index in [2.05, 4.69) is 5.32 Å². The quantitative estimate of drug-likeness (QED) is 0.821. The van der Waals surface area contributed by atoms with Gasteiger partial charge in [-0.25, -0.2) is 0 Å². The molecule has 0 heterocycles. The lowest BCUT2D eigenvalue weighted by Crippen LogP contribution is -2.51. The summed E-state index contributed by atoms with van der Waals surface area (Å²) in [6.45, 7) is 0.356. The number of amides is 1. The fourth-order valence-electron chi connectivity index (χ4n) is 2.27. The molecular weight excluding hydrogens is 301 g/mol. The van der Waals surface area contributed by atoms with Gasteiger partial charge in [-0.3, -0.25) is 9.59 Å². The molecule has 0 spiro atoms. The molecule has 6 heteroatoms. The molecular formula is C14H15Cl2NO3. The number of benzene rings is 1. The first-order valence-electron chi connectivity index (χ1n) is 6.41. The number of carbonyl (C=O) groups is 2. The van der Waals surface area contributed by atoms with Gasteiger partial charge in [0.1, 0.15) is 5.41 Å². The smallest absolute Gasteiger partial charge is 0.319 e. The van der Waals surface area contributed by atoms with Crippen LogP contribution in [-0.2, 0) is 16.0 Å². The summed E-state index contributed by atoms with van der Waals surface area (Å²) in [5.41, 5.74) is -0.349. The fraction of sp³-hybridized carbons (Fsp3) is 0.429. The summed E-state index contributed by atoms with van der Waals surface area (Å²) in [5, 5.41) is 12.9. The third kappa shape index (κ3) is 2.91. The molecule has 0 aromatic heterocycles. The Kier molecular flexibility index (Phi) is 4.55. The molecule has 1 fully saturated rings. The van der Waals surface area contributed by atoms with Gasteiger partial charge >= 0.3 is 5.97 Å². The molecule has 108 valence electrons. The van der Waals surface area contributed by atoms with Gasteiger partial charge in [0.25, 0.3) is 0 Å². The van der Waals surface area contributed by atoms with Crippen molar-refractivity contribution in [3.63, 3.8) is 0 Å². The number of carboxylic acid groups (broad SMARTS) is 1. The Balaban J connectivity index is 1.90. The average Bonchev–Trinajstić information content (AvgIpc) is 2.30. The maximum atomic E-state index is 12.0. The molecule has 2 rings (SSSR count). The highest BCUT2D eigenvalue weighted by Gasteiger charge is 2.50. The van der Waals surface area contributed by atoms with Crippen LogP contribution in [0.3, 0.4) is 0 Å². The number of nitrogens with one attached hydrogen (secondary N) is 1. The first-order valence-corrected chi connectivity index (χ1v) is 7.17. The molecule has 0 bridgehead atoms. The Hall–Kier alpha value is -1.26. The van der Waals surface area contributed by atoms with Gasteiger partial charge in [-0.2, -0.15) is 0 Å². The summed E-state index contributed by atoms with van der Waals surface area (Å²) in [6.07, 6.45) is 2.14. The third-order valence-corrected chi connectivity index (χ3v) is 4.33. The summed E-state index contributed by atoms with van der Waals surface area (Å²) < 4.78 is 0. The third-order valence-electron chi connectivity index (χ3n) is 3.75. The molecule has 20 heavy (non-hydrogen) atoms. The van der Waals surface area contributed by atoms with E-state index in [9.17, 15) is 9.59 Å². The molecule has 0 aliphatic heterocycles. The van der Waals surface area contributed by atoms with Crippen molar-refractivity contribution in [1.82, 2.24) is 5.32 Å². The van der Waals surface area contributed by atoms with Crippen LogP contribution in [-0.4, -0.2) is 23.5 Å². The van der Waals surface area contributed by atoms with Crippen molar-refractivity contribution in [3.8, 4) is 0 Å². The minimum atomic E-state index is -1.22. The Morgan fingerprint density at radius 1 is 1.30 bits per heavy atom. The van der Waals surface area contributed by atoms with Crippen molar-refractivity contribution < 1.29 is 14.7 Å². The minimum Gasteiger partial charge on any atom is -0.480 e. The topological polar surface area (TPSA) is 66.4 Å². The zero-order valence-corrected chi connectivity index (χ0v) is 12.3. The van der Waals surface area contributed by atoms with Gasteiger partial charge in [0.15, 0.2) is 0 Å². The van der Waals surface area contributed by atoms with Crippen molar-refractivity contribution in [1.29, 1.82) is 0 Å². The monoisotopic (exact) mass is 315 g/mol. The van der Waals surface area contributed by atoms with Crippen molar-refractivity contribution in [2.75, 3.05) is 6.54 Å². The molecule has 0 radical (unpaired) electrons. The van der Waals surface area contributed by atoms with Crippen molar-refractivity contribution in [2.45, 2.75) is 25.7 Å². The molecule has 1 aromatic carbocycles. The molecule has 1 amide bonds. The van der Waals surface area contributed by atoms with Crippen molar-refractivity contribution >= 4 is 35.1 Å². The SMILES string of the molecule is O=C(O)C1(C(=O)NCCc2ccc(Cl)cc2Cl)CCC1. The van der Waals surface area contributed by atoms with Gasteiger partial charge in [0.05, 0.1) is 0 Å². The van der Waals surface area contributed by atoms with E-state index in [1.807, 2.05) is 0 Å². The Morgan fingerprint density at radius 3 is 2.50 bits per heavy atom. The lowest BCUT2D eigenvalue weighted by molar-refractivity contribution is -0.162. The van der Waals surface area contributed by atoms with Gasteiger partial charge in [0.2, 0.25) is 5.91 Å². The molecule has 0 saturated heterocycles. The zero-order chi connectivity index (χ0) is 14.8. The number of carbonyl (C=O) groups excluding carboxylic acids is 1. The fourth-order valence-corrected chi connectivity index (χ4v) is 2.78. The molecule has 1 aliphatic rings. The van der Waals surface area contributed by atoms with Crippen LogP contribution in [0.2, 0.25) is 10.0 Å². The predicted molar refractivity (Wildman–Crippen MR) is 77.1 cm³/mol. The molecule has 1 aromatic rings. The van der Waals surface area contributed by atoms with E-state index in [1.165, 1.54) is 0 Å². The normalized spacial score (nSPS) is 16.3. The second kappa shape index (κ2) is 6.02. The van der Waals surface area contributed by atoms with Crippen LogP contribution < -0.4 is 5.32 Å². The number of hydrogen-bond donors (Lipinski definition) is 2.